The molecule has 3 aromatic carbocycles. The number of amides is 2. The molecule has 0 bridgehead atoms. The lowest BCUT2D eigenvalue weighted by molar-refractivity contribution is -0.137. The van der Waals surface area contributed by atoms with Crippen LogP contribution in [0, 0.1) is 0 Å². The number of nitrogens with zero attached hydrogens (tertiary/aromatic N) is 1. The van der Waals surface area contributed by atoms with Gasteiger partial charge < -0.3 is 29.3 Å². The molecule has 0 atom stereocenters. The summed E-state index contributed by atoms with van der Waals surface area (Å²) in [5.41, 5.74) is 4.18. The molecule has 0 unspecified atom stereocenters. The molecule has 5 rings (SSSR count). The van der Waals surface area contributed by atoms with Crippen molar-refractivity contribution >= 4 is 39.8 Å². The van der Waals surface area contributed by atoms with Gasteiger partial charge in [0.25, 0.3) is 0 Å². The van der Waals surface area contributed by atoms with Crippen LogP contribution >= 0.6 is 0 Å². The summed E-state index contributed by atoms with van der Waals surface area (Å²) >= 11 is 0. The van der Waals surface area contributed by atoms with Crippen molar-refractivity contribution in [2.24, 2.45) is 0 Å². The van der Waals surface area contributed by atoms with E-state index in [0.717, 1.165) is 28.7 Å². The minimum absolute atomic E-state index is 0.132. The van der Waals surface area contributed by atoms with Gasteiger partial charge in [-0.15, -0.1) is 0 Å². The van der Waals surface area contributed by atoms with Gasteiger partial charge in [0, 0.05) is 29.5 Å². The molecule has 38 heavy (non-hydrogen) atoms. The molecule has 194 valence electrons. The Kier molecular flexibility index (Phi) is 7.26. The number of nitrogens with one attached hydrogen (secondary N) is 2. The summed E-state index contributed by atoms with van der Waals surface area (Å²) < 4.78 is 17.4. The molecule has 0 fully saturated rings. The highest BCUT2D eigenvalue weighted by atomic mass is 16.5. The summed E-state index contributed by atoms with van der Waals surface area (Å²) in [5, 5.41) is 15.3. The van der Waals surface area contributed by atoms with E-state index in [2.05, 4.69) is 15.6 Å². The maximum absolute atomic E-state index is 12.4. The van der Waals surface area contributed by atoms with Gasteiger partial charge >= 0.3 is 12.0 Å². The number of furan rings is 1. The predicted octanol–water partition coefficient (Wildman–Crippen LogP) is 6.68. The normalized spacial score (nSPS) is 11.1. The van der Waals surface area contributed by atoms with Crippen molar-refractivity contribution in [1.82, 2.24) is 10.3 Å². The second kappa shape index (κ2) is 11.1. The molecule has 5 aromatic rings. The number of carboxylic acid groups (broad SMARTS) is 1. The van der Waals surface area contributed by atoms with Crippen molar-refractivity contribution in [3.8, 4) is 28.5 Å². The van der Waals surface area contributed by atoms with E-state index in [1.807, 2.05) is 54.6 Å². The molecule has 2 amide bonds. The number of unbranched alkanes of at least 4 members (excludes halogenated alkanes) is 2. The predicted molar refractivity (Wildman–Crippen MR) is 144 cm³/mol. The van der Waals surface area contributed by atoms with Crippen LogP contribution < -0.4 is 15.4 Å². The molecule has 0 radical (unpaired) electrons. The summed E-state index contributed by atoms with van der Waals surface area (Å²) in [6.07, 6.45) is 2.13. The van der Waals surface area contributed by atoms with E-state index in [1.165, 1.54) is 7.11 Å². The maximum atomic E-state index is 12.4. The first-order valence-electron chi connectivity index (χ1n) is 12.3. The van der Waals surface area contributed by atoms with Crippen molar-refractivity contribution in [2.75, 3.05) is 19.0 Å². The number of para-hydroxylation sites is 1. The summed E-state index contributed by atoms with van der Waals surface area (Å²) in [6.45, 7) is 0.437. The molecular formula is C29H27N3O6. The molecule has 2 heterocycles. The number of carboxylic acids is 1. The quantitative estimate of drug-likeness (QED) is 0.178. The first-order valence-corrected chi connectivity index (χ1v) is 12.3. The van der Waals surface area contributed by atoms with Gasteiger partial charge in [0.2, 0.25) is 5.89 Å². The number of fused-ring (bicyclic) bond motifs is 2. The number of aromatic nitrogens is 1. The van der Waals surface area contributed by atoms with Crippen LogP contribution in [0.3, 0.4) is 0 Å². The van der Waals surface area contributed by atoms with Gasteiger partial charge in [-0.05, 0) is 61.4 Å². The third-order valence-corrected chi connectivity index (χ3v) is 6.15. The van der Waals surface area contributed by atoms with Gasteiger partial charge in [-0.3, -0.25) is 4.79 Å². The molecule has 0 saturated heterocycles. The van der Waals surface area contributed by atoms with Gasteiger partial charge in [-0.25, -0.2) is 9.78 Å². The Bertz CT molecular complexity index is 1570. The molecule has 3 N–H and O–H groups in total. The van der Waals surface area contributed by atoms with E-state index in [4.69, 9.17) is 18.7 Å². The van der Waals surface area contributed by atoms with E-state index < -0.39 is 5.97 Å². The Morgan fingerprint density at radius 3 is 2.58 bits per heavy atom. The minimum atomic E-state index is -0.812. The molecule has 9 heteroatoms. The number of anilines is 1. The number of carbonyl (C=O) groups is 2. The highest BCUT2D eigenvalue weighted by Crippen LogP contribution is 2.34. The lowest BCUT2D eigenvalue weighted by atomic mass is 10.1. The zero-order chi connectivity index (χ0) is 26.5. The fourth-order valence-electron chi connectivity index (χ4n) is 4.21. The fourth-order valence-corrected chi connectivity index (χ4v) is 4.21. The fraction of sp³-hybridized carbons (Fsp3) is 0.207. The Labute approximate surface area is 218 Å². The molecular weight excluding hydrogens is 486 g/mol. The third-order valence-electron chi connectivity index (χ3n) is 6.15. The number of rotatable bonds is 10. The number of carbonyl (C=O) groups excluding carboxylic acids is 1. The average molecular weight is 514 g/mol. The number of oxazole rings is 1. The Balaban J connectivity index is 1.30. The summed E-state index contributed by atoms with van der Waals surface area (Å²) in [7, 11) is 1.53. The highest BCUT2D eigenvalue weighted by Gasteiger charge is 2.15. The molecule has 0 aliphatic heterocycles. The van der Waals surface area contributed by atoms with E-state index in [0.29, 0.717) is 53.4 Å². The highest BCUT2D eigenvalue weighted by molar-refractivity contribution is 5.92. The SMILES string of the molecule is COc1ccc(-c2nc3cc(-c4cc5ccccc5o4)ccc3o2)cc1NC(=O)NCCCCCC(=O)O. The van der Waals surface area contributed by atoms with Gasteiger partial charge in [-0.1, -0.05) is 24.6 Å². The molecule has 2 aromatic heterocycles. The van der Waals surface area contributed by atoms with Crippen molar-refractivity contribution in [2.45, 2.75) is 25.7 Å². The van der Waals surface area contributed by atoms with Crippen molar-refractivity contribution in [3.63, 3.8) is 0 Å². The Hall–Kier alpha value is -4.79. The van der Waals surface area contributed by atoms with Crippen LogP contribution in [0.1, 0.15) is 25.7 Å². The number of hydrogen-bond donors (Lipinski definition) is 3. The lowest BCUT2D eigenvalue weighted by Crippen LogP contribution is -2.29. The Morgan fingerprint density at radius 1 is 0.921 bits per heavy atom. The third kappa shape index (κ3) is 5.62. The number of methoxy groups -OCH3 is 1. The van der Waals surface area contributed by atoms with Gasteiger partial charge in [-0.2, -0.15) is 0 Å². The van der Waals surface area contributed by atoms with Crippen LogP contribution in [0.4, 0.5) is 10.5 Å². The average Bonchev–Trinajstić information content (AvgIpc) is 3.54. The Morgan fingerprint density at radius 2 is 1.76 bits per heavy atom. The van der Waals surface area contributed by atoms with Crippen LogP contribution in [0.5, 0.6) is 5.75 Å². The topological polar surface area (TPSA) is 127 Å². The van der Waals surface area contributed by atoms with Gasteiger partial charge in [0.05, 0.1) is 12.8 Å². The van der Waals surface area contributed by atoms with E-state index in [9.17, 15) is 9.59 Å². The van der Waals surface area contributed by atoms with E-state index >= 15 is 0 Å². The van der Waals surface area contributed by atoms with Crippen LogP contribution in [0.2, 0.25) is 0 Å². The second-order valence-electron chi connectivity index (χ2n) is 8.85. The molecule has 9 nitrogen and oxygen atoms in total. The number of urea groups is 1. The number of aliphatic carboxylic acids is 1. The van der Waals surface area contributed by atoms with Crippen molar-refractivity contribution in [1.29, 1.82) is 0 Å². The minimum Gasteiger partial charge on any atom is -0.495 e. The number of hydrogen-bond acceptors (Lipinski definition) is 6. The summed E-state index contributed by atoms with van der Waals surface area (Å²) in [6, 6.07) is 20.5. The molecule has 0 spiro atoms. The van der Waals surface area contributed by atoms with Crippen LogP contribution in [-0.2, 0) is 4.79 Å². The maximum Gasteiger partial charge on any atom is 0.319 e. The number of ether oxygens (including phenoxy) is 1. The lowest BCUT2D eigenvalue weighted by Gasteiger charge is -2.12. The standard InChI is InChI=1S/C29H27N3O6/c1-36-24-12-11-20(16-21(24)32-29(35)30-14-6-2-3-9-27(33)34)28-31-22-15-19(10-13-25(22)38-28)26-17-18-7-4-5-8-23(18)37-26/h4-5,7-8,10-13,15-17H,2-3,6,9,14H2,1H3,(H,33,34)(H2,30,32,35). The van der Waals surface area contributed by atoms with Gasteiger partial charge in [0.15, 0.2) is 5.58 Å². The smallest absolute Gasteiger partial charge is 0.319 e. The van der Waals surface area contributed by atoms with Crippen LogP contribution in [0.25, 0.3) is 44.8 Å². The van der Waals surface area contributed by atoms with Gasteiger partial charge in [0.1, 0.15) is 22.6 Å². The molecule has 0 aliphatic carbocycles. The van der Waals surface area contributed by atoms with E-state index in [-0.39, 0.29) is 12.5 Å². The monoisotopic (exact) mass is 513 g/mol. The van der Waals surface area contributed by atoms with Crippen LogP contribution in [-0.4, -0.2) is 35.7 Å². The van der Waals surface area contributed by atoms with Crippen LogP contribution in [0.15, 0.2) is 75.6 Å². The zero-order valence-corrected chi connectivity index (χ0v) is 20.8. The van der Waals surface area contributed by atoms with Crippen molar-refractivity contribution < 1.29 is 28.3 Å². The molecule has 0 saturated carbocycles. The largest absolute Gasteiger partial charge is 0.495 e. The van der Waals surface area contributed by atoms with E-state index in [1.54, 1.807) is 12.1 Å². The second-order valence-corrected chi connectivity index (χ2v) is 8.85. The summed E-state index contributed by atoms with van der Waals surface area (Å²) in [4.78, 5) is 27.7. The molecule has 0 aliphatic rings. The zero-order valence-electron chi connectivity index (χ0n) is 20.8. The number of benzene rings is 3. The van der Waals surface area contributed by atoms with Crippen molar-refractivity contribution in [3.05, 3.63) is 66.7 Å². The summed E-state index contributed by atoms with van der Waals surface area (Å²) in [5.74, 6) is 0.842. The first-order chi connectivity index (χ1) is 18.5. The first kappa shape index (κ1) is 24.9.